The molecule has 0 aliphatic carbocycles. The van der Waals surface area contributed by atoms with E-state index in [1.165, 1.54) is 15.3 Å². The highest BCUT2D eigenvalue weighted by Crippen LogP contribution is 2.20. The molecule has 0 aliphatic heterocycles. The molecule has 0 saturated carbocycles. The van der Waals surface area contributed by atoms with Crippen molar-refractivity contribution in [2.45, 2.75) is 6.92 Å². The Balaban J connectivity index is 3.11. The van der Waals surface area contributed by atoms with Crippen molar-refractivity contribution in [2.75, 3.05) is 7.05 Å². The van der Waals surface area contributed by atoms with Crippen molar-refractivity contribution in [2.24, 2.45) is 4.99 Å². The number of hydrogen-bond donors (Lipinski definition) is 0. The lowest BCUT2D eigenvalue weighted by Gasteiger charge is -1.86. The molecule has 1 nitrogen and oxygen atoms in total. The van der Waals surface area contributed by atoms with Crippen LogP contribution < -0.4 is 0 Å². The summed E-state index contributed by atoms with van der Waals surface area (Å²) in [4.78, 5) is 6.46. The van der Waals surface area contributed by atoms with Gasteiger partial charge in [-0.3, -0.25) is 4.99 Å². The summed E-state index contributed by atoms with van der Waals surface area (Å²) in [6.45, 7) is 5.82. The lowest BCUT2D eigenvalue weighted by molar-refractivity contribution is 1.46. The van der Waals surface area contributed by atoms with Gasteiger partial charge in [0.05, 0.1) is 0 Å². The van der Waals surface area contributed by atoms with Crippen LogP contribution >= 0.6 is 11.3 Å². The highest BCUT2D eigenvalue weighted by atomic mass is 32.1. The van der Waals surface area contributed by atoms with Crippen LogP contribution in [0.3, 0.4) is 0 Å². The predicted molar refractivity (Wildman–Crippen MR) is 52.7 cm³/mol. The third kappa shape index (κ3) is 1.77. The van der Waals surface area contributed by atoms with E-state index < -0.39 is 0 Å². The SMILES string of the molecule is C=Cc1sc(C)cc1C=NC. The molecule has 0 spiro atoms. The largest absolute Gasteiger partial charge is 0.296 e. The van der Waals surface area contributed by atoms with Crippen LogP contribution in [0.2, 0.25) is 0 Å². The maximum absolute atomic E-state index is 3.96. The van der Waals surface area contributed by atoms with Crippen molar-refractivity contribution in [3.05, 3.63) is 28.0 Å². The normalized spacial score (nSPS) is 10.7. The van der Waals surface area contributed by atoms with E-state index in [1.54, 1.807) is 18.4 Å². The van der Waals surface area contributed by atoms with Crippen molar-refractivity contribution < 1.29 is 0 Å². The second-order valence-electron chi connectivity index (χ2n) is 2.27. The van der Waals surface area contributed by atoms with E-state index in [2.05, 4.69) is 24.6 Å². The van der Waals surface area contributed by atoms with Crippen molar-refractivity contribution in [3.8, 4) is 0 Å². The maximum Gasteiger partial charge on any atom is 0.0354 e. The fourth-order valence-electron chi connectivity index (χ4n) is 0.951. The van der Waals surface area contributed by atoms with E-state index in [4.69, 9.17) is 0 Å². The second kappa shape index (κ2) is 3.49. The van der Waals surface area contributed by atoms with Crippen molar-refractivity contribution in [1.82, 2.24) is 0 Å². The topological polar surface area (TPSA) is 12.4 Å². The van der Waals surface area contributed by atoms with Crippen molar-refractivity contribution in [1.29, 1.82) is 0 Å². The summed E-state index contributed by atoms with van der Waals surface area (Å²) in [5.74, 6) is 0. The molecule has 0 bridgehead atoms. The van der Waals surface area contributed by atoms with Gasteiger partial charge in [-0.25, -0.2) is 0 Å². The average Bonchev–Trinajstić information content (AvgIpc) is 2.32. The summed E-state index contributed by atoms with van der Waals surface area (Å²) in [7, 11) is 1.78. The molecule has 0 aliphatic rings. The monoisotopic (exact) mass is 165 g/mol. The molecule has 58 valence electrons. The maximum atomic E-state index is 3.96. The first-order chi connectivity index (χ1) is 5.27. The molecule has 0 atom stereocenters. The van der Waals surface area contributed by atoms with Gasteiger partial charge in [0.2, 0.25) is 0 Å². The summed E-state index contributed by atoms with van der Waals surface area (Å²) in [5, 5.41) is 0. The Labute approximate surface area is 71.1 Å². The van der Waals surface area contributed by atoms with Gasteiger partial charge in [-0.05, 0) is 13.0 Å². The summed E-state index contributed by atoms with van der Waals surface area (Å²) in [6.07, 6.45) is 3.73. The first kappa shape index (κ1) is 8.21. The molecule has 0 amide bonds. The van der Waals surface area contributed by atoms with Crippen LogP contribution in [-0.4, -0.2) is 13.3 Å². The van der Waals surface area contributed by atoms with Crippen LogP contribution in [0.15, 0.2) is 17.6 Å². The van der Waals surface area contributed by atoms with Crippen molar-refractivity contribution >= 4 is 23.6 Å². The van der Waals surface area contributed by atoms with Gasteiger partial charge in [0.15, 0.2) is 0 Å². The summed E-state index contributed by atoms with van der Waals surface area (Å²) in [6, 6.07) is 2.12. The highest BCUT2D eigenvalue weighted by molar-refractivity contribution is 7.13. The Bertz CT molecular complexity index is 284. The van der Waals surface area contributed by atoms with E-state index in [1.807, 2.05) is 12.3 Å². The molecule has 1 rings (SSSR count). The Morgan fingerprint density at radius 2 is 2.36 bits per heavy atom. The quantitative estimate of drug-likeness (QED) is 0.597. The Hall–Kier alpha value is -0.890. The molecular formula is C9H11NS. The van der Waals surface area contributed by atoms with Crippen LogP contribution in [0.4, 0.5) is 0 Å². The molecule has 0 radical (unpaired) electrons. The zero-order valence-corrected chi connectivity index (χ0v) is 7.61. The van der Waals surface area contributed by atoms with Gasteiger partial charge >= 0.3 is 0 Å². The molecule has 0 unspecified atom stereocenters. The van der Waals surface area contributed by atoms with Gasteiger partial charge in [-0.15, -0.1) is 11.3 Å². The Kier molecular flexibility index (Phi) is 2.60. The van der Waals surface area contributed by atoms with Gasteiger partial charge < -0.3 is 0 Å². The second-order valence-corrected chi connectivity index (χ2v) is 3.56. The van der Waals surface area contributed by atoms with E-state index in [0.29, 0.717) is 0 Å². The van der Waals surface area contributed by atoms with Crippen molar-refractivity contribution in [3.63, 3.8) is 0 Å². The fraction of sp³-hybridized carbons (Fsp3) is 0.222. The zero-order valence-electron chi connectivity index (χ0n) is 6.79. The number of rotatable bonds is 2. The van der Waals surface area contributed by atoms with E-state index in [0.717, 1.165) is 0 Å². The standard InChI is InChI=1S/C9H11NS/c1-4-9-8(6-10-3)5-7(2)11-9/h4-6H,1H2,2-3H3. The van der Waals surface area contributed by atoms with Gasteiger partial charge in [0, 0.05) is 28.6 Å². The Morgan fingerprint density at radius 3 is 2.91 bits per heavy atom. The van der Waals surface area contributed by atoms with Gasteiger partial charge in [0.1, 0.15) is 0 Å². The minimum Gasteiger partial charge on any atom is -0.296 e. The lowest BCUT2D eigenvalue weighted by atomic mass is 10.2. The predicted octanol–water partition coefficient (Wildman–Crippen LogP) is 2.75. The fourth-order valence-corrected chi connectivity index (χ4v) is 1.80. The molecule has 0 fully saturated rings. The van der Waals surface area contributed by atoms with E-state index in [-0.39, 0.29) is 0 Å². The molecule has 0 saturated heterocycles. The van der Waals surface area contributed by atoms with Gasteiger partial charge in [-0.1, -0.05) is 12.7 Å². The molecule has 1 aromatic rings. The third-order valence-corrected chi connectivity index (χ3v) is 2.43. The lowest BCUT2D eigenvalue weighted by Crippen LogP contribution is -1.77. The molecule has 11 heavy (non-hydrogen) atoms. The molecule has 2 heteroatoms. The third-order valence-electron chi connectivity index (χ3n) is 1.37. The van der Waals surface area contributed by atoms with Crippen LogP contribution in [0.5, 0.6) is 0 Å². The van der Waals surface area contributed by atoms with E-state index >= 15 is 0 Å². The van der Waals surface area contributed by atoms with Gasteiger partial charge in [0.25, 0.3) is 0 Å². The average molecular weight is 165 g/mol. The van der Waals surface area contributed by atoms with Crippen LogP contribution in [0, 0.1) is 6.92 Å². The number of nitrogens with zero attached hydrogens (tertiary/aromatic N) is 1. The van der Waals surface area contributed by atoms with E-state index in [9.17, 15) is 0 Å². The summed E-state index contributed by atoms with van der Waals surface area (Å²) in [5.41, 5.74) is 1.17. The minimum atomic E-state index is 1.17. The minimum absolute atomic E-state index is 1.17. The molecular weight excluding hydrogens is 154 g/mol. The molecule has 1 heterocycles. The smallest absolute Gasteiger partial charge is 0.0354 e. The number of hydrogen-bond acceptors (Lipinski definition) is 2. The highest BCUT2D eigenvalue weighted by Gasteiger charge is 1.99. The first-order valence-electron chi connectivity index (χ1n) is 3.43. The molecule has 0 N–H and O–H groups in total. The van der Waals surface area contributed by atoms with Crippen LogP contribution in [0.25, 0.3) is 6.08 Å². The first-order valence-corrected chi connectivity index (χ1v) is 4.24. The van der Waals surface area contributed by atoms with Crippen LogP contribution in [-0.2, 0) is 0 Å². The van der Waals surface area contributed by atoms with Crippen LogP contribution in [0.1, 0.15) is 15.3 Å². The Morgan fingerprint density at radius 1 is 1.64 bits per heavy atom. The zero-order chi connectivity index (χ0) is 8.27. The molecule has 0 aromatic carbocycles. The number of aliphatic imine (C=N–C) groups is 1. The summed E-state index contributed by atoms with van der Waals surface area (Å²) < 4.78 is 0. The number of aryl methyl sites for hydroxylation is 1. The molecule has 1 aromatic heterocycles. The summed E-state index contributed by atoms with van der Waals surface area (Å²) >= 11 is 1.74. The number of thiophene rings is 1. The van der Waals surface area contributed by atoms with Gasteiger partial charge in [-0.2, -0.15) is 0 Å².